The Hall–Kier alpha value is 0.220. The monoisotopic (exact) mass is 412 g/mol. The van der Waals surface area contributed by atoms with Gasteiger partial charge in [0.15, 0.2) is 0 Å². The predicted octanol–water partition coefficient (Wildman–Crippen LogP) is 4.73. The van der Waals surface area contributed by atoms with Crippen molar-refractivity contribution in [3.05, 3.63) is 0 Å². The van der Waals surface area contributed by atoms with Gasteiger partial charge in [0.05, 0.1) is 0 Å². The lowest BCUT2D eigenvalue weighted by molar-refractivity contribution is 0.272. The molecule has 0 aromatic carbocycles. The van der Waals surface area contributed by atoms with Gasteiger partial charge in [-0.3, -0.25) is 0 Å². The molecular formula is C15H42O8P2. The fourth-order valence-electron chi connectivity index (χ4n) is 1.74. The smallest absolute Gasteiger partial charge is 0.303 e. The molecule has 0 aromatic rings. The van der Waals surface area contributed by atoms with Crippen LogP contribution in [0.2, 0.25) is 0 Å². The molecule has 0 radical (unpaired) electrons. The van der Waals surface area contributed by atoms with Crippen LogP contribution in [0, 0.1) is 0 Å². The van der Waals surface area contributed by atoms with Gasteiger partial charge in [-0.1, -0.05) is 99.3 Å². The lowest BCUT2D eigenvalue weighted by Crippen LogP contribution is -1.80. The normalized spacial score (nSPS) is 10.2. The van der Waals surface area contributed by atoms with Crippen LogP contribution in [0.4, 0.5) is 0 Å². The molecule has 0 unspecified atom stereocenters. The lowest BCUT2D eigenvalue weighted by Gasteiger charge is -2.00. The molecule has 160 valence electrons. The Balaban J connectivity index is -0.0000000933. The van der Waals surface area contributed by atoms with Crippen molar-refractivity contribution in [2.75, 3.05) is 0 Å². The molecular weight excluding hydrogens is 370 g/mol. The zero-order valence-corrected chi connectivity index (χ0v) is 16.0. The average molecular weight is 412 g/mol. The number of phosphoric acid groups is 2. The highest BCUT2D eigenvalue weighted by Gasteiger charge is 2.00. The minimum atomic E-state index is -4.64. The third kappa shape index (κ3) is 114. The average Bonchev–Trinajstić information content (AvgIpc) is 2.33. The van der Waals surface area contributed by atoms with E-state index in [1.165, 1.54) is 70.6 Å². The van der Waals surface area contributed by atoms with Gasteiger partial charge >= 0.3 is 15.6 Å². The van der Waals surface area contributed by atoms with Crippen molar-refractivity contribution >= 4 is 15.6 Å². The minimum absolute atomic E-state index is 0. The molecule has 8 nitrogen and oxygen atoms in total. The molecule has 0 saturated carbocycles. The summed E-state index contributed by atoms with van der Waals surface area (Å²) in [4.78, 5) is 43.1. The van der Waals surface area contributed by atoms with E-state index >= 15 is 0 Å². The summed E-state index contributed by atoms with van der Waals surface area (Å²) in [6.45, 7) is 4.56. The summed E-state index contributed by atoms with van der Waals surface area (Å²) in [5.41, 5.74) is 0. The van der Waals surface area contributed by atoms with Crippen molar-refractivity contribution in [1.82, 2.24) is 0 Å². The molecule has 0 atom stereocenters. The van der Waals surface area contributed by atoms with Gasteiger partial charge in [0.25, 0.3) is 0 Å². The van der Waals surface area contributed by atoms with E-state index in [0.717, 1.165) is 0 Å². The number of hydrogen-bond acceptors (Lipinski definition) is 2. The molecule has 0 aliphatic heterocycles. The Morgan fingerprint density at radius 1 is 0.480 bits per heavy atom. The summed E-state index contributed by atoms with van der Waals surface area (Å²) in [6.07, 6.45) is 15.9. The van der Waals surface area contributed by atoms with Crippen molar-refractivity contribution in [2.24, 2.45) is 0 Å². The van der Waals surface area contributed by atoms with E-state index in [2.05, 4.69) is 13.8 Å². The van der Waals surface area contributed by atoms with Crippen LogP contribution in [0.1, 0.15) is 99.3 Å². The van der Waals surface area contributed by atoms with Gasteiger partial charge in [-0.2, -0.15) is 0 Å². The Kier molecular flexibility index (Phi) is 35.1. The third-order valence-electron chi connectivity index (χ3n) is 2.71. The Morgan fingerprint density at radius 2 is 0.600 bits per heavy atom. The number of rotatable bonds is 10. The summed E-state index contributed by atoms with van der Waals surface area (Å²) in [5, 5.41) is 0. The van der Waals surface area contributed by atoms with Gasteiger partial charge in [-0.15, -0.1) is 0 Å². The van der Waals surface area contributed by atoms with Crippen molar-refractivity contribution in [1.29, 1.82) is 0 Å². The van der Waals surface area contributed by atoms with E-state index in [9.17, 15) is 0 Å². The highest BCUT2D eigenvalue weighted by molar-refractivity contribution is 7.45. The summed E-state index contributed by atoms with van der Waals surface area (Å²) in [5.74, 6) is 0. The van der Waals surface area contributed by atoms with E-state index < -0.39 is 15.6 Å². The number of unbranched alkanes of at least 4 members (excludes halogenated alkanes) is 10. The van der Waals surface area contributed by atoms with E-state index in [1.54, 1.807) is 0 Å². The molecule has 0 bridgehead atoms. The van der Waals surface area contributed by atoms with Crippen LogP contribution >= 0.6 is 15.6 Å². The van der Waals surface area contributed by atoms with Crippen LogP contribution < -0.4 is 0 Å². The van der Waals surface area contributed by atoms with E-state index in [4.69, 9.17) is 38.5 Å². The molecule has 0 fully saturated rings. The second-order valence-corrected chi connectivity index (χ2v) is 7.26. The first-order chi connectivity index (χ1) is 10.4. The molecule has 10 heteroatoms. The Labute approximate surface area is 154 Å². The first-order valence-electron chi connectivity index (χ1n) is 7.98. The van der Waals surface area contributed by atoms with Gasteiger partial charge < -0.3 is 29.4 Å². The quantitative estimate of drug-likeness (QED) is 0.222. The molecule has 0 aliphatic carbocycles. The molecule has 0 aliphatic rings. The molecule has 0 aromatic heterocycles. The lowest BCUT2D eigenvalue weighted by atomic mass is 10.1. The van der Waals surface area contributed by atoms with Crippen molar-refractivity contribution in [2.45, 2.75) is 99.3 Å². The van der Waals surface area contributed by atoms with Crippen LogP contribution in [0.5, 0.6) is 0 Å². The van der Waals surface area contributed by atoms with Crippen LogP contribution in [-0.4, -0.2) is 29.4 Å². The molecule has 0 saturated heterocycles. The molecule has 0 spiro atoms. The summed E-state index contributed by atoms with van der Waals surface area (Å²) >= 11 is 0. The topological polar surface area (TPSA) is 156 Å². The maximum atomic E-state index is 8.88. The summed E-state index contributed by atoms with van der Waals surface area (Å²) in [7, 11) is -9.28. The van der Waals surface area contributed by atoms with E-state index in [1.807, 2.05) is 0 Å². The van der Waals surface area contributed by atoms with Crippen molar-refractivity contribution < 1.29 is 38.5 Å². The van der Waals surface area contributed by atoms with Gasteiger partial charge in [0.1, 0.15) is 0 Å². The maximum Gasteiger partial charge on any atom is 0.466 e. The largest absolute Gasteiger partial charge is 0.466 e. The highest BCUT2D eigenvalue weighted by Crippen LogP contribution is 2.26. The van der Waals surface area contributed by atoms with Crippen LogP contribution in [0.25, 0.3) is 0 Å². The first-order valence-corrected chi connectivity index (χ1v) is 11.1. The van der Waals surface area contributed by atoms with Crippen LogP contribution in [-0.2, 0) is 9.13 Å². The maximum absolute atomic E-state index is 8.88. The zero-order valence-electron chi connectivity index (χ0n) is 14.2. The van der Waals surface area contributed by atoms with Crippen LogP contribution in [0.3, 0.4) is 0 Å². The molecule has 6 N–H and O–H groups in total. The Bertz CT molecular complexity index is 268. The molecule has 25 heavy (non-hydrogen) atoms. The van der Waals surface area contributed by atoms with Gasteiger partial charge in [-0.05, 0) is 0 Å². The molecule has 0 amide bonds. The number of hydrogen-bond donors (Lipinski definition) is 6. The summed E-state index contributed by atoms with van der Waals surface area (Å²) in [6, 6.07) is 0. The minimum Gasteiger partial charge on any atom is -0.303 e. The Morgan fingerprint density at radius 3 is 0.720 bits per heavy atom. The SMILES string of the molecule is C.C.CCCCCCCCCCCCC.O=P(O)(O)O.O=P(O)(O)O. The fourth-order valence-corrected chi connectivity index (χ4v) is 1.74. The first kappa shape index (κ1) is 36.2. The molecule has 0 rings (SSSR count). The zero-order chi connectivity index (χ0) is 18.8. The van der Waals surface area contributed by atoms with Crippen LogP contribution in [0.15, 0.2) is 0 Å². The summed E-state index contributed by atoms with van der Waals surface area (Å²) < 4.78 is 17.8. The second-order valence-electron chi connectivity index (χ2n) is 5.21. The van der Waals surface area contributed by atoms with Gasteiger partial charge in [0.2, 0.25) is 0 Å². The van der Waals surface area contributed by atoms with Gasteiger partial charge in [-0.25, -0.2) is 9.13 Å². The van der Waals surface area contributed by atoms with Crippen molar-refractivity contribution in [3.63, 3.8) is 0 Å². The van der Waals surface area contributed by atoms with Crippen molar-refractivity contribution in [3.8, 4) is 0 Å². The highest BCUT2D eigenvalue weighted by atomic mass is 31.2. The fraction of sp³-hybridized carbons (Fsp3) is 1.00. The second kappa shape index (κ2) is 24.2. The van der Waals surface area contributed by atoms with E-state index in [0.29, 0.717) is 0 Å². The van der Waals surface area contributed by atoms with E-state index in [-0.39, 0.29) is 14.9 Å². The predicted molar refractivity (Wildman–Crippen MR) is 104 cm³/mol. The molecule has 0 heterocycles. The third-order valence-corrected chi connectivity index (χ3v) is 2.71. The standard InChI is InChI=1S/C13H28.2CH4.2H3O4P/c1-3-5-7-9-11-13-12-10-8-6-4-2;;;2*1-5(2,3)4/h3-13H2,1-2H3;2*1H4;2*(H3,1,2,3,4). The van der Waals surface area contributed by atoms with Gasteiger partial charge in [0, 0.05) is 0 Å².